The molecule has 1 aromatic carbocycles. The summed E-state index contributed by atoms with van der Waals surface area (Å²) in [4.78, 5) is 10.4. The highest BCUT2D eigenvalue weighted by atomic mass is 79.9. The Hall–Kier alpha value is -1.16. The fourth-order valence-electron chi connectivity index (χ4n) is 1.18. The molecule has 0 saturated carbocycles. The first-order valence-electron chi connectivity index (χ1n) is 4.63. The van der Waals surface area contributed by atoms with Crippen molar-refractivity contribution >= 4 is 22.0 Å². The van der Waals surface area contributed by atoms with Crippen molar-refractivity contribution in [1.29, 1.82) is 0 Å². The van der Waals surface area contributed by atoms with Crippen LogP contribution in [0.2, 0.25) is 0 Å². The Balaban J connectivity index is 3.14. The van der Waals surface area contributed by atoms with Gasteiger partial charge in [0.05, 0.1) is 4.92 Å². The van der Waals surface area contributed by atoms with E-state index in [0.717, 1.165) is 10.0 Å². The Labute approximate surface area is 97.1 Å². The lowest BCUT2D eigenvalue weighted by molar-refractivity contribution is -0.431. The zero-order valence-electron chi connectivity index (χ0n) is 8.61. The van der Waals surface area contributed by atoms with Gasteiger partial charge in [-0.15, -0.1) is 0 Å². The van der Waals surface area contributed by atoms with Crippen molar-refractivity contribution in [3.63, 3.8) is 0 Å². The van der Waals surface area contributed by atoms with Gasteiger partial charge in [0.25, 0.3) is 0 Å². The van der Waals surface area contributed by atoms with Gasteiger partial charge in [0, 0.05) is 16.5 Å². The van der Waals surface area contributed by atoms with Crippen molar-refractivity contribution in [3.8, 4) is 0 Å². The maximum Gasteiger partial charge on any atom is 0.249 e. The maximum atomic E-state index is 10.8. The topological polar surface area (TPSA) is 43.1 Å². The summed E-state index contributed by atoms with van der Waals surface area (Å²) < 4.78 is 0.866. The Morgan fingerprint density at radius 2 is 2.07 bits per heavy atom. The van der Waals surface area contributed by atoms with Crippen molar-refractivity contribution in [2.75, 3.05) is 0 Å². The number of rotatable bonds is 3. The van der Waals surface area contributed by atoms with Crippen LogP contribution in [0.25, 0.3) is 6.08 Å². The van der Waals surface area contributed by atoms with E-state index >= 15 is 0 Å². The summed E-state index contributed by atoms with van der Waals surface area (Å²) in [7, 11) is 0. The molecule has 1 aromatic rings. The lowest BCUT2D eigenvalue weighted by atomic mass is 10.1. The standard InChI is InChI=1S/C11H12BrNO2/c1-8(2)11(13(14)15)7-9-5-3-4-6-10(9)12/h3-8H,1-2H3/b11-7-. The molecule has 4 heteroatoms. The second-order valence-electron chi connectivity index (χ2n) is 3.50. The monoisotopic (exact) mass is 269 g/mol. The lowest BCUT2D eigenvalue weighted by Gasteiger charge is -2.03. The normalized spacial score (nSPS) is 11.9. The van der Waals surface area contributed by atoms with Gasteiger partial charge in [0.15, 0.2) is 0 Å². The van der Waals surface area contributed by atoms with Gasteiger partial charge in [-0.3, -0.25) is 10.1 Å². The van der Waals surface area contributed by atoms with Crippen LogP contribution in [0.4, 0.5) is 0 Å². The molecule has 1 rings (SSSR count). The van der Waals surface area contributed by atoms with E-state index in [-0.39, 0.29) is 16.5 Å². The molecule has 0 bridgehead atoms. The average Bonchev–Trinajstić information content (AvgIpc) is 2.15. The van der Waals surface area contributed by atoms with Gasteiger partial charge in [-0.25, -0.2) is 0 Å². The number of nitro groups is 1. The Kier molecular flexibility index (Phi) is 4.03. The van der Waals surface area contributed by atoms with E-state index < -0.39 is 0 Å². The van der Waals surface area contributed by atoms with Crippen LogP contribution in [0.5, 0.6) is 0 Å². The minimum Gasteiger partial charge on any atom is -0.259 e. The smallest absolute Gasteiger partial charge is 0.249 e. The first-order chi connectivity index (χ1) is 7.02. The number of halogens is 1. The highest BCUT2D eigenvalue weighted by molar-refractivity contribution is 9.10. The van der Waals surface area contributed by atoms with Crippen LogP contribution in [-0.2, 0) is 0 Å². The number of hydrogen-bond donors (Lipinski definition) is 0. The summed E-state index contributed by atoms with van der Waals surface area (Å²) in [5.74, 6) is -0.0906. The molecule has 80 valence electrons. The fraction of sp³-hybridized carbons (Fsp3) is 0.273. The molecule has 0 amide bonds. The molecule has 0 spiro atoms. The van der Waals surface area contributed by atoms with Crippen molar-refractivity contribution < 1.29 is 4.92 Å². The third-order valence-corrected chi connectivity index (χ3v) is 2.73. The van der Waals surface area contributed by atoms with Crippen LogP contribution < -0.4 is 0 Å². The quantitative estimate of drug-likeness (QED) is 0.620. The predicted molar refractivity (Wildman–Crippen MR) is 64.0 cm³/mol. The number of allylic oxidation sites excluding steroid dienone is 1. The molecule has 15 heavy (non-hydrogen) atoms. The Morgan fingerprint density at radius 1 is 1.47 bits per heavy atom. The van der Waals surface area contributed by atoms with Crippen molar-refractivity contribution in [2.24, 2.45) is 5.92 Å². The Bertz CT molecular complexity index is 399. The molecule has 0 aliphatic carbocycles. The summed E-state index contributed by atoms with van der Waals surface area (Å²) in [5.41, 5.74) is 1.06. The van der Waals surface area contributed by atoms with E-state index in [4.69, 9.17) is 0 Å². The number of hydrogen-bond acceptors (Lipinski definition) is 2. The van der Waals surface area contributed by atoms with Gasteiger partial charge in [-0.05, 0) is 11.6 Å². The van der Waals surface area contributed by atoms with Crippen LogP contribution in [-0.4, -0.2) is 4.92 Å². The van der Waals surface area contributed by atoms with Crippen molar-refractivity contribution in [3.05, 3.63) is 50.1 Å². The van der Waals surface area contributed by atoms with Gasteiger partial charge in [0.2, 0.25) is 5.70 Å². The van der Waals surface area contributed by atoms with E-state index in [1.54, 1.807) is 6.08 Å². The van der Waals surface area contributed by atoms with Crippen molar-refractivity contribution in [2.45, 2.75) is 13.8 Å². The first-order valence-corrected chi connectivity index (χ1v) is 5.42. The fourth-order valence-corrected chi connectivity index (χ4v) is 1.58. The van der Waals surface area contributed by atoms with Gasteiger partial charge in [-0.2, -0.15) is 0 Å². The minimum atomic E-state index is -0.329. The van der Waals surface area contributed by atoms with Crippen LogP contribution in [0.15, 0.2) is 34.4 Å². The minimum absolute atomic E-state index is 0.0906. The van der Waals surface area contributed by atoms with E-state index in [2.05, 4.69) is 15.9 Å². The van der Waals surface area contributed by atoms with E-state index in [1.165, 1.54) is 0 Å². The molecule has 0 fully saturated rings. The maximum absolute atomic E-state index is 10.8. The predicted octanol–water partition coefficient (Wildman–Crippen LogP) is 3.72. The molecular formula is C11H12BrNO2. The van der Waals surface area contributed by atoms with Crippen LogP contribution in [0.1, 0.15) is 19.4 Å². The third kappa shape index (κ3) is 3.16. The van der Waals surface area contributed by atoms with Crippen LogP contribution >= 0.6 is 15.9 Å². The summed E-state index contributed by atoms with van der Waals surface area (Å²) in [5, 5.41) is 10.8. The summed E-state index contributed by atoms with van der Waals surface area (Å²) in [6.45, 7) is 3.62. The van der Waals surface area contributed by atoms with E-state index in [9.17, 15) is 10.1 Å². The zero-order chi connectivity index (χ0) is 11.4. The molecule has 0 aromatic heterocycles. The third-order valence-electron chi connectivity index (χ3n) is 2.01. The summed E-state index contributed by atoms with van der Waals surface area (Å²) >= 11 is 3.36. The van der Waals surface area contributed by atoms with E-state index in [1.807, 2.05) is 38.1 Å². The second kappa shape index (κ2) is 5.07. The highest BCUT2D eigenvalue weighted by Crippen LogP contribution is 2.21. The largest absolute Gasteiger partial charge is 0.259 e. The SMILES string of the molecule is CC(C)/C(=C/c1ccccc1Br)[N+](=O)[O-]. The number of nitrogens with zero attached hydrogens (tertiary/aromatic N) is 1. The molecular weight excluding hydrogens is 258 g/mol. The van der Waals surface area contributed by atoms with Gasteiger partial charge in [0.1, 0.15) is 0 Å². The van der Waals surface area contributed by atoms with E-state index in [0.29, 0.717) is 0 Å². The van der Waals surface area contributed by atoms with Crippen LogP contribution in [0, 0.1) is 16.0 Å². The Morgan fingerprint density at radius 3 is 2.53 bits per heavy atom. The molecule has 0 N–H and O–H groups in total. The molecule has 0 radical (unpaired) electrons. The van der Waals surface area contributed by atoms with Crippen molar-refractivity contribution in [1.82, 2.24) is 0 Å². The van der Waals surface area contributed by atoms with Gasteiger partial charge in [-0.1, -0.05) is 48.0 Å². The second-order valence-corrected chi connectivity index (χ2v) is 4.36. The van der Waals surface area contributed by atoms with Gasteiger partial charge < -0.3 is 0 Å². The average molecular weight is 270 g/mol. The number of benzene rings is 1. The molecule has 0 heterocycles. The molecule has 3 nitrogen and oxygen atoms in total. The molecule has 0 unspecified atom stereocenters. The molecule has 0 atom stereocenters. The summed E-state index contributed by atoms with van der Waals surface area (Å²) in [6.07, 6.45) is 1.61. The van der Waals surface area contributed by atoms with Gasteiger partial charge >= 0.3 is 0 Å². The zero-order valence-corrected chi connectivity index (χ0v) is 10.2. The first kappa shape index (κ1) is 11.9. The highest BCUT2D eigenvalue weighted by Gasteiger charge is 2.15. The molecule has 0 aliphatic rings. The molecule has 0 saturated heterocycles. The summed E-state index contributed by atoms with van der Waals surface area (Å²) in [6, 6.07) is 7.44. The van der Waals surface area contributed by atoms with Crippen LogP contribution in [0.3, 0.4) is 0 Å². The lowest BCUT2D eigenvalue weighted by Crippen LogP contribution is -2.05. The molecule has 0 aliphatic heterocycles.